The van der Waals surface area contributed by atoms with E-state index in [0.29, 0.717) is 34.6 Å². The maximum absolute atomic E-state index is 12.6. The van der Waals surface area contributed by atoms with Crippen LogP contribution in [0.5, 0.6) is 5.75 Å². The molecule has 1 amide bonds. The van der Waals surface area contributed by atoms with E-state index >= 15 is 0 Å². The Balaban J connectivity index is 1.80. The van der Waals surface area contributed by atoms with Crippen LogP contribution in [0, 0.1) is 6.92 Å². The highest BCUT2D eigenvalue weighted by molar-refractivity contribution is 6.32. The summed E-state index contributed by atoms with van der Waals surface area (Å²) in [7, 11) is 0. The Labute approximate surface area is 163 Å². The van der Waals surface area contributed by atoms with Crippen LogP contribution in [0.15, 0.2) is 48.5 Å². The molecule has 140 valence electrons. The number of rotatable bonds is 7. The van der Waals surface area contributed by atoms with E-state index in [2.05, 4.69) is 22.3 Å². The first-order valence-corrected chi connectivity index (χ1v) is 9.19. The number of hydrogen-bond donors (Lipinski definition) is 1. The molecule has 27 heavy (non-hydrogen) atoms. The number of carbonyl (C=O) groups is 1. The smallest absolute Gasteiger partial charge is 0.295 e. The standard InChI is InChI=1S/C20H21ClN4O2/c1-3-4-13-27-18-12-8-6-10-16(18)23-20(26)19-22-14(2)25(24-19)17-11-7-5-9-15(17)21/h5-12H,3-4,13H2,1-2H3,(H,23,26). The summed E-state index contributed by atoms with van der Waals surface area (Å²) < 4.78 is 7.31. The molecule has 1 N–H and O–H groups in total. The van der Waals surface area contributed by atoms with E-state index < -0.39 is 5.91 Å². The number of unbranched alkanes of at least 4 members (excludes halogenated alkanes) is 1. The SMILES string of the molecule is CCCCOc1ccccc1NC(=O)c1nc(C)n(-c2ccccc2Cl)n1. The van der Waals surface area contributed by atoms with Crippen molar-refractivity contribution in [2.45, 2.75) is 26.7 Å². The second-order valence-corrected chi connectivity index (χ2v) is 6.41. The fourth-order valence-corrected chi connectivity index (χ4v) is 2.75. The predicted octanol–water partition coefficient (Wildman–Crippen LogP) is 4.66. The lowest BCUT2D eigenvalue weighted by Crippen LogP contribution is -2.15. The summed E-state index contributed by atoms with van der Waals surface area (Å²) in [5, 5.41) is 7.67. The van der Waals surface area contributed by atoms with Gasteiger partial charge in [-0.2, -0.15) is 0 Å². The Morgan fingerprint density at radius 1 is 1.19 bits per heavy atom. The number of anilines is 1. The summed E-state index contributed by atoms with van der Waals surface area (Å²) in [5.74, 6) is 0.855. The number of ether oxygens (including phenoxy) is 1. The van der Waals surface area contributed by atoms with Crippen molar-refractivity contribution in [1.82, 2.24) is 14.8 Å². The summed E-state index contributed by atoms with van der Waals surface area (Å²) >= 11 is 6.22. The van der Waals surface area contributed by atoms with E-state index in [-0.39, 0.29) is 5.82 Å². The molecular formula is C20H21ClN4O2. The Hall–Kier alpha value is -2.86. The summed E-state index contributed by atoms with van der Waals surface area (Å²) in [4.78, 5) is 16.9. The molecule has 0 unspecified atom stereocenters. The van der Waals surface area contributed by atoms with Gasteiger partial charge < -0.3 is 10.1 Å². The van der Waals surface area contributed by atoms with Crippen molar-refractivity contribution in [3.05, 3.63) is 65.2 Å². The van der Waals surface area contributed by atoms with Gasteiger partial charge in [-0.3, -0.25) is 4.79 Å². The van der Waals surface area contributed by atoms with Crippen molar-refractivity contribution >= 4 is 23.2 Å². The fraction of sp³-hybridized carbons (Fsp3) is 0.250. The molecule has 0 spiro atoms. The van der Waals surface area contributed by atoms with Crippen molar-refractivity contribution in [3.63, 3.8) is 0 Å². The number of hydrogen-bond acceptors (Lipinski definition) is 4. The maximum atomic E-state index is 12.6. The number of aryl methyl sites for hydroxylation is 1. The molecule has 0 bridgehead atoms. The molecule has 3 aromatic rings. The Kier molecular flexibility index (Phi) is 6.08. The van der Waals surface area contributed by atoms with Gasteiger partial charge in [0.1, 0.15) is 11.6 Å². The fourth-order valence-electron chi connectivity index (χ4n) is 2.54. The lowest BCUT2D eigenvalue weighted by atomic mass is 10.3. The number of nitrogens with one attached hydrogen (secondary N) is 1. The van der Waals surface area contributed by atoms with Crippen LogP contribution < -0.4 is 10.1 Å². The highest BCUT2D eigenvalue weighted by atomic mass is 35.5. The number of benzene rings is 2. The van der Waals surface area contributed by atoms with Gasteiger partial charge in [-0.15, -0.1) is 5.10 Å². The Bertz CT molecular complexity index is 939. The van der Waals surface area contributed by atoms with Crippen molar-refractivity contribution in [2.24, 2.45) is 0 Å². The number of halogens is 1. The van der Waals surface area contributed by atoms with E-state index in [4.69, 9.17) is 16.3 Å². The van der Waals surface area contributed by atoms with E-state index in [0.717, 1.165) is 12.8 Å². The summed E-state index contributed by atoms with van der Waals surface area (Å²) in [5.41, 5.74) is 1.26. The molecule has 0 atom stereocenters. The monoisotopic (exact) mass is 384 g/mol. The van der Waals surface area contributed by atoms with Gasteiger partial charge in [0.15, 0.2) is 0 Å². The molecule has 6 nitrogen and oxygen atoms in total. The minimum absolute atomic E-state index is 0.0655. The third-order valence-electron chi connectivity index (χ3n) is 3.94. The topological polar surface area (TPSA) is 69.0 Å². The number of nitrogens with zero attached hydrogens (tertiary/aromatic N) is 3. The second-order valence-electron chi connectivity index (χ2n) is 6.00. The first kappa shape index (κ1) is 18.9. The summed E-state index contributed by atoms with van der Waals surface area (Å²) in [6, 6.07) is 14.6. The van der Waals surface area contributed by atoms with Gasteiger partial charge in [-0.25, -0.2) is 9.67 Å². The number of aromatic nitrogens is 3. The molecule has 1 heterocycles. The molecule has 0 aliphatic rings. The van der Waals surface area contributed by atoms with Crippen LogP contribution in [0.25, 0.3) is 5.69 Å². The summed E-state index contributed by atoms with van der Waals surface area (Å²) in [6.07, 6.45) is 1.99. The molecular weight excluding hydrogens is 364 g/mol. The van der Waals surface area contributed by atoms with Gasteiger partial charge in [0.2, 0.25) is 5.82 Å². The van der Waals surface area contributed by atoms with E-state index in [9.17, 15) is 4.79 Å². The van der Waals surface area contributed by atoms with Crippen LogP contribution in [0.3, 0.4) is 0 Å². The first-order chi connectivity index (χ1) is 13.1. The van der Waals surface area contributed by atoms with Crippen LogP contribution in [-0.4, -0.2) is 27.3 Å². The van der Waals surface area contributed by atoms with Crippen LogP contribution >= 0.6 is 11.6 Å². The van der Waals surface area contributed by atoms with E-state index in [1.807, 2.05) is 36.4 Å². The van der Waals surface area contributed by atoms with Gasteiger partial charge in [-0.1, -0.05) is 49.2 Å². The third kappa shape index (κ3) is 4.46. The Morgan fingerprint density at radius 2 is 1.93 bits per heavy atom. The van der Waals surface area contributed by atoms with Crippen molar-refractivity contribution in [3.8, 4) is 11.4 Å². The molecule has 0 saturated carbocycles. The van der Waals surface area contributed by atoms with Gasteiger partial charge in [0.25, 0.3) is 5.91 Å². The maximum Gasteiger partial charge on any atom is 0.295 e. The summed E-state index contributed by atoms with van der Waals surface area (Å²) in [6.45, 7) is 4.47. The zero-order valence-electron chi connectivity index (χ0n) is 15.3. The van der Waals surface area contributed by atoms with Crippen molar-refractivity contribution in [2.75, 3.05) is 11.9 Å². The van der Waals surface area contributed by atoms with E-state index in [1.165, 1.54) is 0 Å². The molecule has 0 saturated heterocycles. The van der Waals surface area contributed by atoms with Crippen molar-refractivity contribution in [1.29, 1.82) is 0 Å². The predicted molar refractivity (Wildman–Crippen MR) is 106 cm³/mol. The molecule has 7 heteroatoms. The zero-order valence-corrected chi connectivity index (χ0v) is 16.0. The van der Waals surface area contributed by atoms with E-state index in [1.54, 1.807) is 23.7 Å². The van der Waals surface area contributed by atoms with Crippen molar-refractivity contribution < 1.29 is 9.53 Å². The van der Waals surface area contributed by atoms with Gasteiger partial charge >= 0.3 is 0 Å². The zero-order chi connectivity index (χ0) is 19.2. The highest BCUT2D eigenvalue weighted by Crippen LogP contribution is 2.25. The lowest BCUT2D eigenvalue weighted by Gasteiger charge is -2.11. The number of carbonyl (C=O) groups excluding carboxylic acids is 1. The minimum Gasteiger partial charge on any atom is -0.491 e. The molecule has 0 radical (unpaired) electrons. The lowest BCUT2D eigenvalue weighted by molar-refractivity contribution is 0.101. The quantitative estimate of drug-likeness (QED) is 0.601. The largest absolute Gasteiger partial charge is 0.491 e. The molecule has 2 aromatic carbocycles. The van der Waals surface area contributed by atoms with Gasteiger partial charge in [0, 0.05) is 0 Å². The highest BCUT2D eigenvalue weighted by Gasteiger charge is 2.18. The van der Waals surface area contributed by atoms with Gasteiger partial charge in [-0.05, 0) is 37.6 Å². The van der Waals surface area contributed by atoms with Crippen LogP contribution in [0.4, 0.5) is 5.69 Å². The average molecular weight is 385 g/mol. The number of amides is 1. The normalized spacial score (nSPS) is 10.6. The second kappa shape index (κ2) is 8.68. The minimum atomic E-state index is -0.407. The molecule has 0 aliphatic carbocycles. The molecule has 0 aliphatic heterocycles. The molecule has 3 rings (SSSR count). The first-order valence-electron chi connectivity index (χ1n) is 8.82. The van der Waals surface area contributed by atoms with Crippen LogP contribution in [0.2, 0.25) is 5.02 Å². The average Bonchev–Trinajstić information content (AvgIpc) is 3.05. The van der Waals surface area contributed by atoms with Crippen LogP contribution in [0.1, 0.15) is 36.2 Å². The third-order valence-corrected chi connectivity index (χ3v) is 4.26. The molecule has 1 aromatic heterocycles. The van der Waals surface area contributed by atoms with Gasteiger partial charge in [0.05, 0.1) is 23.0 Å². The molecule has 0 fully saturated rings. The Morgan fingerprint density at radius 3 is 2.70 bits per heavy atom. The number of para-hydroxylation sites is 3. The van der Waals surface area contributed by atoms with Crippen LogP contribution in [-0.2, 0) is 0 Å².